The van der Waals surface area contributed by atoms with Crippen LogP contribution in [0.2, 0.25) is 0 Å². The molecule has 0 fully saturated rings. The number of rotatable bonds is 3. The van der Waals surface area contributed by atoms with Gasteiger partial charge in [0.2, 0.25) is 0 Å². The molecular weight excluding hydrogens is 273 g/mol. The summed E-state index contributed by atoms with van der Waals surface area (Å²) in [5, 5.41) is 3.15. The molecule has 0 aliphatic heterocycles. The highest BCUT2D eigenvalue weighted by molar-refractivity contribution is 9.10. The quantitative estimate of drug-likeness (QED) is 0.908. The van der Waals surface area contributed by atoms with Gasteiger partial charge < -0.3 is 10.3 Å². The van der Waals surface area contributed by atoms with E-state index in [1.54, 1.807) is 18.6 Å². The fourth-order valence-corrected chi connectivity index (χ4v) is 1.87. The van der Waals surface area contributed by atoms with E-state index in [4.69, 9.17) is 0 Å². The fraction of sp³-hybridized carbons (Fsp3) is 0.182. The summed E-state index contributed by atoms with van der Waals surface area (Å²) in [6.07, 6.45) is 3.35. The van der Waals surface area contributed by atoms with Gasteiger partial charge in [0.05, 0.1) is 23.0 Å². The molecule has 0 atom stereocenters. The number of halogens is 2. The van der Waals surface area contributed by atoms with Gasteiger partial charge in [0.1, 0.15) is 5.82 Å². The molecule has 0 aliphatic rings. The molecule has 0 saturated heterocycles. The smallest absolute Gasteiger partial charge is 0.139 e. The Morgan fingerprint density at radius 3 is 3.00 bits per heavy atom. The highest BCUT2D eigenvalue weighted by Crippen LogP contribution is 2.24. The lowest BCUT2D eigenvalue weighted by atomic mass is 10.2. The monoisotopic (exact) mass is 283 g/mol. The second-order valence-corrected chi connectivity index (χ2v) is 4.37. The molecule has 2 rings (SSSR count). The van der Waals surface area contributed by atoms with Crippen molar-refractivity contribution in [3.8, 4) is 0 Å². The third kappa shape index (κ3) is 2.41. The molecule has 0 spiro atoms. The standard InChI is InChI=1S/C11H11BrFN3/c1-7-2-9(12)10(13)3-11(7)15-5-8-4-14-6-16-8/h2-4,6,15H,5H2,1H3,(H,14,16). The van der Waals surface area contributed by atoms with Crippen molar-refractivity contribution in [2.24, 2.45) is 0 Å². The maximum atomic E-state index is 13.3. The number of aryl methyl sites for hydroxylation is 1. The molecule has 0 radical (unpaired) electrons. The molecule has 84 valence electrons. The minimum Gasteiger partial charge on any atom is -0.379 e. The third-order valence-electron chi connectivity index (χ3n) is 2.29. The molecule has 0 bridgehead atoms. The number of H-pyrrole nitrogens is 1. The van der Waals surface area contributed by atoms with Crippen molar-refractivity contribution in [3.63, 3.8) is 0 Å². The molecule has 1 heterocycles. The van der Waals surface area contributed by atoms with Gasteiger partial charge in [0, 0.05) is 11.9 Å². The average Bonchev–Trinajstić information content (AvgIpc) is 2.74. The van der Waals surface area contributed by atoms with Crippen LogP contribution in [0.4, 0.5) is 10.1 Å². The Labute approximate surface area is 101 Å². The van der Waals surface area contributed by atoms with Gasteiger partial charge in [0.15, 0.2) is 0 Å². The Morgan fingerprint density at radius 2 is 2.31 bits per heavy atom. The highest BCUT2D eigenvalue weighted by Gasteiger charge is 2.05. The zero-order valence-corrected chi connectivity index (χ0v) is 10.3. The first-order chi connectivity index (χ1) is 7.66. The van der Waals surface area contributed by atoms with Crippen molar-refractivity contribution in [3.05, 3.63) is 46.2 Å². The van der Waals surface area contributed by atoms with Crippen LogP contribution >= 0.6 is 15.9 Å². The van der Waals surface area contributed by atoms with E-state index in [0.29, 0.717) is 11.0 Å². The van der Waals surface area contributed by atoms with Crippen LogP contribution in [0.3, 0.4) is 0 Å². The average molecular weight is 284 g/mol. The summed E-state index contributed by atoms with van der Waals surface area (Å²) in [5.74, 6) is -0.266. The number of hydrogen-bond acceptors (Lipinski definition) is 2. The Kier molecular flexibility index (Phi) is 3.24. The van der Waals surface area contributed by atoms with Crippen LogP contribution in [-0.4, -0.2) is 9.97 Å². The van der Waals surface area contributed by atoms with Crippen molar-refractivity contribution in [1.29, 1.82) is 0 Å². The molecule has 16 heavy (non-hydrogen) atoms. The molecule has 0 saturated carbocycles. The Balaban J connectivity index is 2.12. The zero-order valence-electron chi connectivity index (χ0n) is 8.72. The number of imidazole rings is 1. The number of anilines is 1. The van der Waals surface area contributed by atoms with Crippen LogP contribution in [0.25, 0.3) is 0 Å². The van der Waals surface area contributed by atoms with Crippen LogP contribution in [0, 0.1) is 12.7 Å². The topological polar surface area (TPSA) is 40.7 Å². The Morgan fingerprint density at radius 1 is 1.50 bits per heavy atom. The van der Waals surface area contributed by atoms with Crippen molar-refractivity contribution in [1.82, 2.24) is 9.97 Å². The number of nitrogens with zero attached hydrogens (tertiary/aromatic N) is 1. The summed E-state index contributed by atoms with van der Waals surface area (Å²) in [5.41, 5.74) is 2.74. The fourth-order valence-electron chi connectivity index (χ4n) is 1.41. The van der Waals surface area contributed by atoms with Crippen LogP contribution in [0.15, 0.2) is 29.1 Å². The van der Waals surface area contributed by atoms with E-state index in [2.05, 4.69) is 31.2 Å². The summed E-state index contributed by atoms with van der Waals surface area (Å²) in [6, 6.07) is 3.24. The minimum atomic E-state index is -0.266. The first-order valence-corrected chi connectivity index (χ1v) is 5.63. The minimum absolute atomic E-state index is 0.266. The molecular formula is C11H11BrFN3. The van der Waals surface area contributed by atoms with Gasteiger partial charge in [-0.05, 0) is 40.5 Å². The van der Waals surface area contributed by atoms with Gasteiger partial charge in [-0.2, -0.15) is 0 Å². The third-order valence-corrected chi connectivity index (χ3v) is 2.90. The molecule has 2 N–H and O–H groups in total. The maximum Gasteiger partial charge on any atom is 0.139 e. The zero-order chi connectivity index (χ0) is 11.5. The molecule has 1 aromatic carbocycles. The van der Waals surface area contributed by atoms with Gasteiger partial charge in [-0.1, -0.05) is 0 Å². The molecule has 0 aliphatic carbocycles. The van der Waals surface area contributed by atoms with Crippen molar-refractivity contribution in [2.75, 3.05) is 5.32 Å². The largest absolute Gasteiger partial charge is 0.379 e. The van der Waals surface area contributed by atoms with Gasteiger partial charge >= 0.3 is 0 Å². The molecule has 3 nitrogen and oxygen atoms in total. The van der Waals surface area contributed by atoms with Crippen LogP contribution in [0.5, 0.6) is 0 Å². The second-order valence-electron chi connectivity index (χ2n) is 3.51. The summed E-state index contributed by atoms with van der Waals surface area (Å²) in [6.45, 7) is 2.53. The summed E-state index contributed by atoms with van der Waals surface area (Å²) in [7, 11) is 0. The first kappa shape index (κ1) is 11.1. The Bertz CT molecular complexity index is 482. The highest BCUT2D eigenvalue weighted by atomic mass is 79.9. The summed E-state index contributed by atoms with van der Waals surface area (Å²) in [4.78, 5) is 6.89. The van der Waals surface area contributed by atoms with Crippen LogP contribution in [0.1, 0.15) is 11.3 Å². The van der Waals surface area contributed by atoms with Gasteiger partial charge in [-0.3, -0.25) is 0 Å². The lowest BCUT2D eigenvalue weighted by Gasteiger charge is -2.09. The second kappa shape index (κ2) is 4.65. The van der Waals surface area contributed by atoms with E-state index < -0.39 is 0 Å². The van der Waals surface area contributed by atoms with E-state index in [1.165, 1.54) is 6.07 Å². The lowest BCUT2D eigenvalue weighted by Crippen LogP contribution is -2.02. The lowest BCUT2D eigenvalue weighted by molar-refractivity contribution is 0.621. The van der Waals surface area contributed by atoms with Crippen molar-refractivity contribution in [2.45, 2.75) is 13.5 Å². The number of aromatic nitrogens is 2. The maximum absolute atomic E-state index is 13.3. The predicted molar refractivity (Wildman–Crippen MR) is 64.8 cm³/mol. The van der Waals surface area contributed by atoms with E-state index in [9.17, 15) is 4.39 Å². The van der Waals surface area contributed by atoms with E-state index in [0.717, 1.165) is 16.9 Å². The van der Waals surface area contributed by atoms with Crippen molar-refractivity contribution >= 4 is 21.6 Å². The number of benzene rings is 1. The van der Waals surface area contributed by atoms with Crippen LogP contribution in [-0.2, 0) is 6.54 Å². The van der Waals surface area contributed by atoms with Crippen LogP contribution < -0.4 is 5.32 Å². The van der Waals surface area contributed by atoms with E-state index >= 15 is 0 Å². The van der Waals surface area contributed by atoms with Gasteiger partial charge in [-0.25, -0.2) is 9.37 Å². The normalized spacial score (nSPS) is 10.4. The van der Waals surface area contributed by atoms with Crippen molar-refractivity contribution < 1.29 is 4.39 Å². The van der Waals surface area contributed by atoms with Gasteiger partial charge in [0.25, 0.3) is 0 Å². The molecule has 5 heteroatoms. The first-order valence-electron chi connectivity index (χ1n) is 4.83. The summed E-state index contributed by atoms with van der Waals surface area (Å²) >= 11 is 3.15. The number of hydrogen-bond donors (Lipinski definition) is 2. The number of nitrogens with one attached hydrogen (secondary N) is 2. The Hall–Kier alpha value is -1.36. The molecule has 0 unspecified atom stereocenters. The van der Waals surface area contributed by atoms with E-state index in [-0.39, 0.29) is 5.82 Å². The predicted octanol–water partition coefficient (Wildman–Crippen LogP) is 3.23. The SMILES string of the molecule is Cc1cc(Br)c(F)cc1NCc1cnc[nH]1. The molecule has 1 aromatic heterocycles. The number of aromatic amines is 1. The van der Waals surface area contributed by atoms with E-state index in [1.807, 2.05) is 6.92 Å². The molecule has 0 amide bonds. The summed E-state index contributed by atoms with van der Waals surface area (Å²) < 4.78 is 13.8. The molecule has 2 aromatic rings. The van der Waals surface area contributed by atoms with Gasteiger partial charge in [-0.15, -0.1) is 0 Å².